The molecule has 1 aromatic carbocycles. The highest BCUT2D eigenvalue weighted by Crippen LogP contribution is 2.45. The smallest absolute Gasteiger partial charge is 0.414 e. The van der Waals surface area contributed by atoms with E-state index in [0.29, 0.717) is 5.69 Å². The number of β-amino-alcohol motifs (C(OH)–C–C–N with tert-alkyl or cyclic N) is 1. The molecular formula is C39H52F3N5O7. The molecule has 1 saturated heterocycles. The van der Waals surface area contributed by atoms with Crippen LogP contribution in [-0.4, -0.2) is 86.9 Å². The van der Waals surface area contributed by atoms with Crippen molar-refractivity contribution in [3.05, 3.63) is 53.6 Å². The summed E-state index contributed by atoms with van der Waals surface area (Å²) >= 11 is 0. The fourth-order valence-corrected chi connectivity index (χ4v) is 7.34. The number of carbonyl (C=O) groups is 4. The molecule has 15 heteroatoms. The number of hydrogen-bond donors (Lipinski definition) is 2. The number of amides is 4. The normalized spacial score (nSPS) is 23.0. The molecule has 2 fully saturated rings. The number of fused-ring (bicyclic) bond motifs is 1. The molecule has 1 aromatic heterocycles. The lowest BCUT2D eigenvalue weighted by molar-refractivity contribution is -0.129. The van der Waals surface area contributed by atoms with Crippen molar-refractivity contribution in [1.82, 2.24) is 15.2 Å². The van der Waals surface area contributed by atoms with Crippen molar-refractivity contribution in [2.45, 2.75) is 141 Å². The number of nitrogens with one attached hydrogen (secondary N) is 1. The van der Waals surface area contributed by atoms with Crippen molar-refractivity contribution >= 4 is 35.4 Å². The number of pyridine rings is 1. The summed E-state index contributed by atoms with van der Waals surface area (Å²) in [5.74, 6) is -5.30. The van der Waals surface area contributed by atoms with E-state index in [2.05, 4.69) is 10.3 Å². The maximum atomic E-state index is 15.2. The van der Waals surface area contributed by atoms with E-state index >= 15 is 4.79 Å². The molecule has 2 N–H and O–H groups in total. The Kier molecular flexibility index (Phi) is 10.8. The molecule has 0 spiro atoms. The number of nitrogens with zero attached hydrogens (tertiary/aromatic N) is 4. The molecule has 2 aliphatic heterocycles. The van der Waals surface area contributed by atoms with Crippen LogP contribution in [0.3, 0.4) is 0 Å². The van der Waals surface area contributed by atoms with Gasteiger partial charge in [0.25, 0.3) is 5.91 Å². The van der Waals surface area contributed by atoms with E-state index in [9.17, 15) is 32.7 Å². The molecule has 0 radical (unpaired) electrons. The van der Waals surface area contributed by atoms with Gasteiger partial charge in [0.15, 0.2) is 0 Å². The number of alkyl halides is 2. The number of anilines is 2. The van der Waals surface area contributed by atoms with Crippen molar-refractivity contribution in [3.63, 3.8) is 0 Å². The fraction of sp³-hybridized carbons (Fsp3) is 0.615. The van der Waals surface area contributed by atoms with Gasteiger partial charge in [0.1, 0.15) is 29.1 Å². The minimum absolute atomic E-state index is 0.0303. The van der Waals surface area contributed by atoms with Crippen molar-refractivity contribution in [2.24, 2.45) is 0 Å². The van der Waals surface area contributed by atoms with Crippen LogP contribution in [0.5, 0.6) is 0 Å². The molecule has 3 heterocycles. The van der Waals surface area contributed by atoms with Gasteiger partial charge in [0, 0.05) is 54.7 Å². The molecule has 3 aliphatic rings. The zero-order valence-corrected chi connectivity index (χ0v) is 32.5. The Morgan fingerprint density at radius 2 is 1.56 bits per heavy atom. The van der Waals surface area contributed by atoms with Gasteiger partial charge in [0.05, 0.1) is 24.0 Å². The Labute approximate surface area is 314 Å². The second-order valence-corrected chi connectivity index (χ2v) is 17.7. The van der Waals surface area contributed by atoms with Crippen LogP contribution in [0.4, 0.5) is 34.1 Å². The van der Waals surface area contributed by atoms with Crippen molar-refractivity contribution in [1.29, 1.82) is 0 Å². The molecule has 296 valence electrons. The Morgan fingerprint density at radius 1 is 0.944 bits per heavy atom. The number of carbonyl (C=O) groups excluding carboxylic acids is 4. The summed E-state index contributed by atoms with van der Waals surface area (Å²) in [4.78, 5) is 64.5. The molecule has 1 aliphatic carbocycles. The molecule has 1 unspecified atom stereocenters. The minimum atomic E-state index is -2.88. The minimum Gasteiger partial charge on any atom is -0.444 e. The van der Waals surface area contributed by atoms with E-state index < -0.39 is 88.9 Å². The summed E-state index contributed by atoms with van der Waals surface area (Å²) in [6, 6.07) is 2.25. The molecule has 3 atom stereocenters. The van der Waals surface area contributed by atoms with Crippen molar-refractivity contribution < 1.29 is 46.9 Å². The zero-order chi connectivity index (χ0) is 40.2. The highest BCUT2D eigenvalue weighted by Gasteiger charge is 2.51. The van der Waals surface area contributed by atoms with E-state index in [4.69, 9.17) is 9.47 Å². The number of aliphatic hydroxyl groups is 1. The third-order valence-electron chi connectivity index (χ3n) is 9.73. The lowest BCUT2D eigenvalue weighted by Gasteiger charge is -2.37. The molecule has 12 nitrogen and oxygen atoms in total. The van der Waals surface area contributed by atoms with Crippen LogP contribution in [0.2, 0.25) is 0 Å². The number of hydrogen-bond acceptors (Lipinski definition) is 8. The van der Waals surface area contributed by atoms with E-state index in [1.807, 2.05) is 13.8 Å². The lowest BCUT2D eigenvalue weighted by Crippen LogP contribution is -2.54. The first-order valence-electron chi connectivity index (χ1n) is 18.2. The van der Waals surface area contributed by atoms with Crippen molar-refractivity contribution in [3.8, 4) is 0 Å². The molecule has 1 saturated carbocycles. The third kappa shape index (κ3) is 9.27. The number of halogens is 3. The third-order valence-corrected chi connectivity index (χ3v) is 9.73. The Bertz CT molecular complexity index is 1780. The molecule has 5 rings (SSSR count). The van der Waals surface area contributed by atoms with Crippen LogP contribution < -0.4 is 15.1 Å². The van der Waals surface area contributed by atoms with Gasteiger partial charge < -0.3 is 19.9 Å². The SMILES string of the molecule is CC(C)(C)OC(=O)N1CC(C)(C)c2ccc(N(C(=O)[C@H]3C[C@@](C)(O)CN3C(=O)OC(C)(C)C)C(C(=O)NC3CCC(F)(F)CC3)c3cncc(F)c3)cc21. The van der Waals surface area contributed by atoms with Gasteiger partial charge in [-0.25, -0.2) is 22.8 Å². The largest absolute Gasteiger partial charge is 0.444 e. The van der Waals surface area contributed by atoms with Gasteiger partial charge >= 0.3 is 12.2 Å². The molecular weight excluding hydrogens is 707 g/mol. The summed E-state index contributed by atoms with van der Waals surface area (Å²) in [5, 5.41) is 14.1. The average Bonchev–Trinajstić information content (AvgIpc) is 3.50. The topological polar surface area (TPSA) is 142 Å². The molecule has 54 heavy (non-hydrogen) atoms. The molecule has 2 aromatic rings. The highest BCUT2D eigenvalue weighted by atomic mass is 19.3. The van der Waals surface area contributed by atoms with Gasteiger partial charge in [-0.3, -0.25) is 29.3 Å². The van der Waals surface area contributed by atoms with E-state index in [0.717, 1.165) is 27.6 Å². The fourth-order valence-electron chi connectivity index (χ4n) is 7.34. The zero-order valence-electron chi connectivity index (χ0n) is 32.5. The first kappa shape index (κ1) is 40.8. The summed E-state index contributed by atoms with van der Waals surface area (Å²) in [7, 11) is 0. The summed E-state index contributed by atoms with van der Waals surface area (Å²) in [6.45, 7) is 15.5. The average molecular weight is 760 g/mol. The van der Waals surface area contributed by atoms with Gasteiger partial charge in [-0.15, -0.1) is 0 Å². The van der Waals surface area contributed by atoms with Crippen LogP contribution in [0.15, 0.2) is 36.7 Å². The standard InChI is InChI=1S/C39H52F3N5O7/c1-35(2,3)53-33(50)45-21-37(7,8)27-11-10-26(17-28(27)45)47(32(49)29-18-38(9,52)22-46(29)34(51)54-36(4,5)6)30(23-16-24(40)20-43-19-23)31(48)44-25-12-14-39(41,42)15-13-25/h10-11,16-17,19-20,25,29-30,52H,12-15,18,21-22H2,1-9H3,(H,44,48)/t29-,30?,38-/m1/s1. The Hall–Kier alpha value is -4.40. The van der Waals surface area contributed by atoms with Crippen LogP contribution in [-0.2, 0) is 24.5 Å². The monoisotopic (exact) mass is 759 g/mol. The van der Waals surface area contributed by atoms with Gasteiger partial charge in [-0.05, 0) is 85.1 Å². The summed E-state index contributed by atoms with van der Waals surface area (Å²) in [6.07, 6.45) is -0.546. The summed E-state index contributed by atoms with van der Waals surface area (Å²) < 4.78 is 54.5. The second kappa shape index (κ2) is 14.3. The first-order chi connectivity index (χ1) is 24.8. The quantitative estimate of drug-likeness (QED) is 0.329. The van der Waals surface area contributed by atoms with Crippen LogP contribution in [0, 0.1) is 5.82 Å². The van der Waals surface area contributed by atoms with E-state index in [1.54, 1.807) is 59.7 Å². The second-order valence-electron chi connectivity index (χ2n) is 17.7. The number of likely N-dealkylation sites (tertiary alicyclic amines) is 1. The van der Waals surface area contributed by atoms with Crippen molar-refractivity contribution in [2.75, 3.05) is 22.9 Å². The van der Waals surface area contributed by atoms with Crippen LogP contribution in [0.25, 0.3) is 0 Å². The predicted octanol–water partition coefficient (Wildman–Crippen LogP) is 6.78. The molecule has 0 bridgehead atoms. The van der Waals surface area contributed by atoms with Crippen LogP contribution >= 0.6 is 0 Å². The lowest BCUT2D eigenvalue weighted by atomic mass is 9.87. The Morgan fingerprint density at radius 3 is 2.15 bits per heavy atom. The van der Waals surface area contributed by atoms with Gasteiger partial charge in [-0.1, -0.05) is 19.9 Å². The molecule has 4 amide bonds. The number of benzene rings is 1. The number of rotatable bonds is 6. The number of ether oxygens (including phenoxy) is 2. The van der Waals surface area contributed by atoms with Crippen LogP contribution in [0.1, 0.15) is 112 Å². The Balaban J connectivity index is 1.68. The maximum Gasteiger partial charge on any atom is 0.414 e. The van der Waals surface area contributed by atoms with E-state index in [1.165, 1.54) is 18.0 Å². The van der Waals surface area contributed by atoms with Gasteiger partial charge in [-0.2, -0.15) is 0 Å². The maximum absolute atomic E-state index is 15.2. The summed E-state index contributed by atoms with van der Waals surface area (Å²) in [5.41, 5.74) is -2.67. The number of aromatic nitrogens is 1. The highest BCUT2D eigenvalue weighted by molar-refractivity contribution is 6.06. The first-order valence-corrected chi connectivity index (χ1v) is 18.2. The van der Waals surface area contributed by atoms with Gasteiger partial charge in [0.2, 0.25) is 11.8 Å². The van der Waals surface area contributed by atoms with E-state index in [-0.39, 0.29) is 43.6 Å². The predicted molar refractivity (Wildman–Crippen MR) is 195 cm³/mol.